The molecule has 2 amide bonds. The molecule has 1 aromatic heterocycles. The van der Waals surface area contributed by atoms with Crippen molar-refractivity contribution < 1.29 is 33.7 Å². The number of likely N-dealkylation sites (tertiary alicyclic amines) is 1. The Labute approximate surface area is 265 Å². The van der Waals surface area contributed by atoms with E-state index in [1.54, 1.807) is 17.3 Å². The number of carbonyl (C=O) groups excluding carboxylic acids is 3. The summed E-state index contributed by atoms with van der Waals surface area (Å²) in [5, 5.41) is 0. The molecule has 44 heavy (non-hydrogen) atoms. The van der Waals surface area contributed by atoms with Crippen LogP contribution in [0.4, 0.5) is 9.18 Å². The number of nitrogens with zero attached hydrogens (tertiary/aromatic N) is 4. The van der Waals surface area contributed by atoms with Crippen LogP contribution in [0.25, 0.3) is 11.1 Å². The van der Waals surface area contributed by atoms with E-state index in [-0.39, 0.29) is 40.1 Å². The average Bonchev–Trinajstić information content (AvgIpc) is 3.66. The molecule has 228 valence electrons. The summed E-state index contributed by atoms with van der Waals surface area (Å²) in [4.78, 5) is 46.4. The molecule has 1 fully saturated rings. The van der Waals surface area contributed by atoms with Crippen molar-refractivity contribution >= 4 is 34.2 Å². The summed E-state index contributed by atoms with van der Waals surface area (Å²) in [6, 6.07) is 9.66. The number of carbonyl (C=O) groups is 3. The Kier molecular flexibility index (Phi) is 8.94. The Morgan fingerprint density at radius 2 is 1.77 bits per heavy atom. The van der Waals surface area contributed by atoms with E-state index in [2.05, 4.69) is 4.98 Å². The van der Waals surface area contributed by atoms with Gasteiger partial charge < -0.3 is 15.1 Å². The van der Waals surface area contributed by atoms with Crippen molar-refractivity contribution in [1.82, 2.24) is 19.4 Å². The zero-order chi connectivity index (χ0) is 30.5. The molecule has 10 nitrogen and oxygen atoms in total. The third-order valence-electron chi connectivity index (χ3n) is 8.35. The molecule has 0 radical (unpaired) electrons. The number of hydrogen-bond acceptors (Lipinski definition) is 6. The number of aryl methyl sites for hydroxylation is 1. The molecule has 4 heterocycles. The van der Waals surface area contributed by atoms with Crippen LogP contribution in [0, 0.1) is 5.82 Å². The van der Waals surface area contributed by atoms with Crippen LogP contribution in [0.1, 0.15) is 73.4 Å². The first kappa shape index (κ1) is 31.8. The van der Waals surface area contributed by atoms with E-state index in [1.807, 2.05) is 49.6 Å². The summed E-state index contributed by atoms with van der Waals surface area (Å²) in [6.45, 7) is 7.55. The van der Waals surface area contributed by atoms with Gasteiger partial charge in [-0.05, 0) is 20.8 Å². The fraction of sp³-hybridized carbons (Fsp3) is 0.438. The fourth-order valence-electron chi connectivity index (χ4n) is 6.25. The number of halogens is 1. The molecule has 0 aliphatic carbocycles. The van der Waals surface area contributed by atoms with Crippen LogP contribution < -0.4 is 4.74 Å². The molecule has 12 heteroatoms. The summed E-state index contributed by atoms with van der Waals surface area (Å²) >= 11 is 1.46. The van der Waals surface area contributed by atoms with Crippen LogP contribution in [0.2, 0.25) is 0 Å². The molecule has 0 saturated carbocycles. The number of fused-ring (bicyclic) bond motifs is 2. The number of imidazole rings is 1. The molecule has 3 aliphatic heterocycles. The maximum absolute atomic E-state index is 15.4. The summed E-state index contributed by atoms with van der Waals surface area (Å²) in [7, 11) is 0. The predicted molar refractivity (Wildman–Crippen MR) is 161 cm³/mol. The van der Waals surface area contributed by atoms with E-state index in [4.69, 9.17) is 9.47 Å². The van der Waals surface area contributed by atoms with Gasteiger partial charge in [-0.2, -0.15) is 0 Å². The van der Waals surface area contributed by atoms with E-state index in [0.717, 1.165) is 30.6 Å². The molecule has 1 saturated heterocycles. The second-order valence-electron chi connectivity index (χ2n) is 12.6. The van der Waals surface area contributed by atoms with Crippen molar-refractivity contribution in [2.75, 3.05) is 13.1 Å². The van der Waals surface area contributed by atoms with Gasteiger partial charge in [-0.1, -0.05) is 0 Å². The minimum absolute atomic E-state index is 0. The third kappa shape index (κ3) is 6.27. The van der Waals surface area contributed by atoms with E-state index in [0.29, 0.717) is 48.5 Å². The third-order valence-corrected chi connectivity index (χ3v) is 8.35. The van der Waals surface area contributed by atoms with Crippen molar-refractivity contribution in [1.29, 1.82) is 0 Å². The van der Waals surface area contributed by atoms with Gasteiger partial charge in [0.15, 0.2) is 0 Å². The van der Waals surface area contributed by atoms with Crippen molar-refractivity contribution in [3.05, 3.63) is 71.1 Å². The first-order chi connectivity index (χ1) is 20.5. The fourth-order valence-corrected chi connectivity index (χ4v) is 6.25. The Morgan fingerprint density at radius 1 is 1.07 bits per heavy atom. The molecule has 0 spiro atoms. The van der Waals surface area contributed by atoms with Gasteiger partial charge in [0.2, 0.25) is 0 Å². The van der Waals surface area contributed by atoms with Gasteiger partial charge in [0.05, 0.1) is 0 Å². The van der Waals surface area contributed by atoms with Crippen molar-refractivity contribution in [3.63, 3.8) is 0 Å². The van der Waals surface area contributed by atoms with Gasteiger partial charge in [0.25, 0.3) is 0 Å². The Balaban J connectivity index is 0.00000384. The van der Waals surface area contributed by atoms with Gasteiger partial charge in [-0.25, -0.2) is 4.79 Å². The maximum atomic E-state index is 15.4. The van der Waals surface area contributed by atoms with Crippen LogP contribution in [0.15, 0.2) is 42.7 Å². The molecule has 2 N–H and O–H groups in total. The van der Waals surface area contributed by atoms with Gasteiger partial charge in [0, 0.05) is 25.9 Å². The molecule has 6 rings (SSSR count). The summed E-state index contributed by atoms with van der Waals surface area (Å²) in [5.41, 5.74) is 2.93. The molecular formula is C32H36FLiN4O6. The molecular weight excluding hydrogens is 562 g/mol. The van der Waals surface area contributed by atoms with Crippen LogP contribution in [0.3, 0.4) is 0 Å². The summed E-state index contributed by atoms with van der Waals surface area (Å²) < 4.78 is 28.9. The van der Waals surface area contributed by atoms with E-state index in [1.165, 1.54) is 28.7 Å². The van der Waals surface area contributed by atoms with Crippen LogP contribution >= 0.6 is 0 Å². The standard InChI is InChI=1S/C32H34FN4O5.Li.H2O/c1-32(2,3)42-31(40)35-13-10-23(11-14-35)41-22-8-6-20(7-9-22)21-15-24-25(26(33)16-21)17-37(30(24)39)28(18-38)29-27-5-4-12-36(27)19-34-29;;/h6-9,15-16,19,23,28H,4-5,10-14,17H2,1-3H3;;1H2. The van der Waals surface area contributed by atoms with Gasteiger partial charge in [-0.15, -0.1) is 0 Å². The van der Waals surface area contributed by atoms with E-state index in [9.17, 15) is 14.4 Å². The topological polar surface area (TPSA) is 125 Å². The minimum atomic E-state index is -0.843. The zero-order valence-corrected chi connectivity index (χ0v) is 25.6. The Bertz CT molecular complexity index is 1580. The SMILES string of the molecule is O.[Li][C](=O)C(c1ncn2c1CCC2)N1Cc2c(F)cc(-c3ccc(OC4CCN(C(=O)OC(C)(C)C)CC4)cc3)cc2C1=O. The second kappa shape index (κ2) is 12.4. The Hall–Kier alpha value is -3.65. The van der Waals surface area contributed by atoms with Gasteiger partial charge >= 0.3 is 187 Å². The van der Waals surface area contributed by atoms with E-state index < -0.39 is 17.5 Å². The predicted octanol–water partition coefficient (Wildman–Crippen LogP) is 3.98. The van der Waals surface area contributed by atoms with Crippen molar-refractivity contribution in [2.45, 2.75) is 77.3 Å². The number of hydrogen-bond donors (Lipinski definition) is 0. The zero-order valence-electron chi connectivity index (χ0n) is 25.6. The van der Waals surface area contributed by atoms with Gasteiger partial charge in [0.1, 0.15) is 11.7 Å². The molecule has 3 aromatic rings. The number of piperidine rings is 1. The molecule has 3 aliphatic rings. The Morgan fingerprint density at radius 3 is 2.43 bits per heavy atom. The molecule has 1 atom stereocenters. The van der Waals surface area contributed by atoms with Crippen LogP contribution in [-0.2, 0) is 29.0 Å². The molecule has 1 unspecified atom stereocenters. The first-order valence-corrected chi connectivity index (χ1v) is 14.9. The van der Waals surface area contributed by atoms with Crippen molar-refractivity contribution in [3.8, 4) is 16.9 Å². The number of amides is 2. The van der Waals surface area contributed by atoms with Crippen LogP contribution in [0.5, 0.6) is 5.75 Å². The van der Waals surface area contributed by atoms with Crippen LogP contribution in [-0.4, -0.2) is 83.8 Å². The molecule has 0 bridgehead atoms. The van der Waals surface area contributed by atoms with Gasteiger partial charge in [-0.3, -0.25) is 0 Å². The summed E-state index contributed by atoms with van der Waals surface area (Å²) in [6.07, 6.45) is 4.55. The normalized spacial score (nSPS) is 17.2. The number of benzene rings is 2. The molecule has 2 aromatic carbocycles. The monoisotopic (exact) mass is 598 g/mol. The second-order valence-corrected chi connectivity index (χ2v) is 12.6. The van der Waals surface area contributed by atoms with Crippen molar-refractivity contribution in [2.24, 2.45) is 0 Å². The first-order valence-electron chi connectivity index (χ1n) is 14.9. The average molecular weight is 599 g/mol. The number of aromatic nitrogens is 2. The summed E-state index contributed by atoms with van der Waals surface area (Å²) in [5.74, 6) is -0.161. The number of ether oxygens (including phenoxy) is 2. The number of rotatable bonds is 6. The van der Waals surface area contributed by atoms with E-state index >= 15 is 4.39 Å². The quantitative estimate of drug-likeness (QED) is 0.395.